The third-order valence-electron chi connectivity index (χ3n) is 2.69. The van der Waals surface area contributed by atoms with Gasteiger partial charge in [0.15, 0.2) is 5.82 Å². The Bertz CT molecular complexity index is 653. The molecule has 8 heteroatoms. The molecule has 0 atom stereocenters. The second kappa shape index (κ2) is 6.60. The van der Waals surface area contributed by atoms with Crippen LogP contribution in [0.2, 0.25) is 0 Å². The van der Waals surface area contributed by atoms with Crippen LogP contribution in [0, 0.1) is 0 Å². The van der Waals surface area contributed by atoms with Gasteiger partial charge in [0.1, 0.15) is 6.42 Å². The lowest BCUT2D eigenvalue weighted by molar-refractivity contribution is -0.136. The van der Waals surface area contributed by atoms with E-state index in [4.69, 9.17) is 9.84 Å². The Morgan fingerprint density at radius 2 is 2.19 bits per heavy atom. The highest BCUT2D eigenvalue weighted by Crippen LogP contribution is 2.09. The number of tetrazole rings is 1. The van der Waals surface area contributed by atoms with Crippen molar-refractivity contribution < 1.29 is 19.4 Å². The van der Waals surface area contributed by atoms with Crippen molar-refractivity contribution >= 4 is 11.9 Å². The number of hydrogen-bond donors (Lipinski definition) is 1. The first kappa shape index (κ1) is 14.6. The van der Waals surface area contributed by atoms with Crippen molar-refractivity contribution in [2.75, 3.05) is 6.61 Å². The summed E-state index contributed by atoms with van der Waals surface area (Å²) in [6, 6.07) is 6.85. The first-order chi connectivity index (χ1) is 10.1. The van der Waals surface area contributed by atoms with E-state index in [-0.39, 0.29) is 18.8 Å². The van der Waals surface area contributed by atoms with Gasteiger partial charge in [0.2, 0.25) is 0 Å². The average Bonchev–Trinajstić information content (AvgIpc) is 2.86. The molecule has 1 heterocycles. The van der Waals surface area contributed by atoms with Crippen molar-refractivity contribution in [2.24, 2.45) is 0 Å². The van der Waals surface area contributed by atoms with Crippen LogP contribution in [0.1, 0.15) is 28.7 Å². The zero-order valence-electron chi connectivity index (χ0n) is 11.4. The number of aromatic nitrogens is 4. The largest absolute Gasteiger partial charge is 0.481 e. The van der Waals surface area contributed by atoms with E-state index in [0.717, 1.165) is 5.56 Å². The molecule has 0 saturated carbocycles. The fourth-order valence-electron chi connectivity index (χ4n) is 1.79. The van der Waals surface area contributed by atoms with E-state index in [1.807, 2.05) is 0 Å². The van der Waals surface area contributed by atoms with E-state index in [1.165, 1.54) is 4.68 Å². The van der Waals surface area contributed by atoms with Gasteiger partial charge in [-0.25, -0.2) is 9.48 Å². The van der Waals surface area contributed by atoms with Crippen molar-refractivity contribution in [3.05, 3.63) is 41.2 Å². The minimum absolute atomic E-state index is 0.254. The summed E-state index contributed by atoms with van der Waals surface area (Å²) < 4.78 is 6.32. The molecule has 110 valence electrons. The number of benzene rings is 1. The summed E-state index contributed by atoms with van der Waals surface area (Å²) in [6.45, 7) is 2.32. The normalized spacial score (nSPS) is 10.3. The lowest BCUT2D eigenvalue weighted by atomic mass is 10.1. The van der Waals surface area contributed by atoms with Crippen LogP contribution in [0.25, 0.3) is 0 Å². The van der Waals surface area contributed by atoms with Crippen molar-refractivity contribution in [1.82, 2.24) is 20.2 Å². The first-order valence-corrected chi connectivity index (χ1v) is 6.33. The molecule has 0 amide bonds. The first-order valence-electron chi connectivity index (χ1n) is 6.33. The Morgan fingerprint density at radius 1 is 1.38 bits per heavy atom. The van der Waals surface area contributed by atoms with Gasteiger partial charge in [0.25, 0.3) is 0 Å². The number of ether oxygens (including phenoxy) is 1. The molecule has 1 aromatic heterocycles. The lowest BCUT2D eigenvalue weighted by Crippen LogP contribution is -2.12. The molecule has 0 unspecified atom stereocenters. The molecule has 8 nitrogen and oxygen atoms in total. The molecule has 0 spiro atoms. The number of carboxylic acids is 1. The van der Waals surface area contributed by atoms with Gasteiger partial charge < -0.3 is 9.84 Å². The maximum absolute atomic E-state index is 11.7. The SMILES string of the molecule is CCOC(=O)c1cccc(Cn2nnnc2CC(=O)O)c1. The van der Waals surface area contributed by atoms with Crippen LogP contribution in [0.15, 0.2) is 24.3 Å². The zero-order valence-corrected chi connectivity index (χ0v) is 11.4. The highest BCUT2D eigenvalue weighted by Gasteiger charge is 2.12. The Balaban J connectivity index is 2.17. The predicted molar refractivity (Wildman–Crippen MR) is 70.7 cm³/mol. The van der Waals surface area contributed by atoms with Gasteiger partial charge in [0.05, 0.1) is 18.7 Å². The van der Waals surface area contributed by atoms with Crippen LogP contribution >= 0.6 is 0 Å². The van der Waals surface area contributed by atoms with Crippen molar-refractivity contribution in [3.63, 3.8) is 0 Å². The standard InChI is InChI=1S/C13H14N4O4/c1-2-21-13(20)10-5-3-4-9(6-10)8-17-11(7-12(18)19)14-15-16-17/h3-6H,2,7-8H2,1H3,(H,18,19). The maximum Gasteiger partial charge on any atom is 0.338 e. The summed E-state index contributed by atoms with van der Waals surface area (Å²) in [5.41, 5.74) is 1.21. The van der Waals surface area contributed by atoms with E-state index >= 15 is 0 Å². The van der Waals surface area contributed by atoms with Gasteiger partial charge in [-0.3, -0.25) is 4.79 Å². The Morgan fingerprint density at radius 3 is 2.90 bits per heavy atom. The molecule has 0 fully saturated rings. The lowest BCUT2D eigenvalue weighted by Gasteiger charge is -2.06. The fraction of sp³-hybridized carbons (Fsp3) is 0.308. The van der Waals surface area contributed by atoms with Gasteiger partial charge in [-0.2, -0.15) is 0 Å². The molecule has 21 heavy (non-hydrogen) atoms. The number of aliphatic carboxylic acids is 1. The maximum atomic E-state index is 11.7. The number of esters is 1. The summed E-state index contributed by atoms with van der Waals surface area (Å²) >= 11 is 0. The van der Waals surface area contributed by atoms with E-state index in [2.05, 4.69) is 15.5 Å². The van der Waals surface area contributed by atoms with Crippen LogP contribution in [0.3, 0.4) is 0 Å². The molecule has 0 saturated heterocycles. The third-order valence-corrected chi connectivity index (χ3v) is 2.69. The molecule has 1 aromatic carbocycles. The van der Waals surface area contributed by atoms with Crippen LogP contribution < -0.4 is 0 Å². The Kier molecular flexibility index (Phi) is 4.60. The topological polar surface area (TPSA) is 107 Å². The van der Waals surface area contributed by atoms with E-state index in [0.29, 0.717) is 12.2 Å². The van der Waals surface area contributed by atoms with Crippen LogP contribution in [-0.4, -0.2) is 43.9 Å². The number of carboxylic acid groups (broad SMARTS) is 1. The van der Waals surface area contributed by atoms with E-state index < -0.39 is 11.9 Å². The van der Waals surface area contributed by atoms with Crippen molar-refractivity contribution in [2.45, 2.75) is 19.9 Å². The van der Waals surface area contributed by atoms with Crippen LogP contribution in [0.4, 0.5) is 0 Å². The van der Waals surface area contributed by atoms with E-state index in [1.54, 1.807) is 31.2 Å². The smallest absolute Gasteiger partial charge is 0.338 e. The summed E-state index contributed by atoms with van der Waals surface area (Å²) in [6.07, 6.45) is -0.259. The number of carbonyl (C=O) groups excluding carboxylic acids is 1. The predicted octanol–water partition coefficient (Wildman–Crippen LogP) is 0.525. The van der Waals surface area contributed by atoms with Crippen LogP contribution in [0.5, 0.6) is 0 Å². The third kappa shape index (κ3) is 3.85. The molecule has 0 bridgehead atoms. The molecular weight excluding hydrogens is 276 g/mol. The second-order valence-electron chi connectivity index (χ2n) is 4.24. The summed E-state index contributed by atoms with van der Waals surface area (Å²) in [5.74, 6) is -1.16. The minimum Gasteiger partial charge on any atom is -0.481 e. The number of nitrogens with zero attached hydrogens (tertiary/aromatic N) is 4. The van der Waals surface area contributed by atoms with E-state index in [9.17, 15) is 9.59 Å². The summed E-state index contributed by atoms with van der Waals surface area (Å²) in [7, 11) is 0. The molecule has 0 radical (unpaired) electrons. The molecule has 0 aliphatic heterocycles. The molecule has 0 aliphatic rings. The van der Waals surface area contributed by atoms with Gasteiger partial charge in [-0.05, 0) is 35.0 Å². The highest BCUT2D eigenvalue weighted by atomic mass is 16.5. The summed E-state index contributed by atoms with van der Waals surface area (Å²) in [4.78, 5) is 22.4. The quantitative estimate of drug-likeness (QED) is 0.773. The Hall–Kier alpha value is -2.77. The van der Waals surface area contributed by atoms with Crippen molar-refractivity contribution in [3.8, 4) is 0 Å². The summed E-state index contributed by atoms with van der Waals surface area (Å²) in [5, 5.41) is 19.7. The molecule has 1 N–H and O–H groups in total. The van der Waals surface area contributed by atoms with Gasteiger partial charge >= 0.3 is 11.9 Å². The number of hydrogen-bond acceptors (Lipinski definition) is 6. The average molecular weight is 290 g/mol. The van der Waals surface area contributed by atoms with Gasteiger partial charge in [0, 0.05) is 0 Å². The molecule has 2 rings (SSSR count). The zero-order chi connectivity index (χ0) is 15.2. The fourth-order valence-corrected chi connectivity index (χ4v) is 1.79. The van der Waals surface area contributed by atoms with Gasteiger partial charge in [-0.15, -0.1) is 5.10 Å². The Labute approximate surface area is 120 Å². The molecular formula is C13H14N4O4. The number of carbonyl (C=O) groups is 2. The monoisotopic (exact) mass is 290 g/mol. The number of rotatable bonds is 6. The van der Waals surface area contributed by atoms with Crippen molar-refractivity contribution in [1.29, 1.82) is 0 Å². The molecule has 0 aliphatic carbocycles. The van der Waals surface area contributed by atoms with Gasteiger partial charge in [-0.1, -0.05) is 12.1 Å². The highest BCUT2D eigenvalue weighted by molar-refractivity contribution is 5.89. The van der Waals surface area contributed by atoms with Crippen LogP contribution in [-0.2, 0) is 22.5 Å². The molecule has 2 aromatic rings. The minimum atomic E-state index is -1.01. The second-order valence-corrected chi connectivity index (χ2v) is 4.24.